The van der Waals surface area contributed by atoms with E-state index in [1.165, 1.54) is 6.08 Å². The van der Waals surface area contributed by atoms with Gasteiger partial charge in [-0.1, -0.05) is 39.5 Å². The van der Waals surface area contributed by atoms with Gasteiger partial charge in [0.2, 0.25) is 0 Å². The Morgan fingerprint density at radius 3 is 2.31 bits per heavy atom. The van der Waals surface area contributed by atoms with Crippen LogP contribution in [0.25, 0.3) is 0 Å². The van der Waals surface area contributed by atoms with Gasteiger partial charge in [-0.05, 0) is 80.4 Å². The first-order valence-electron chi connectivity index (χ1n) is 10.8. The molecule has 2 unspecified atom stereocenters. The molecular weight excluding hydrogens is 364 g/mol. The lowest BCUT2D eigenvalue weighted by molar-refractivity contribution is -0.171. The lowest BCUT2D eigenvalue weighted by atomic mass is 9.68. The summed E-state index contributed by atoms with van der Waals surface area (Å²) in [6.07, 6.45) is 8.89. The Labute approximate surface area is 175 Å². The molecule has 2 fully saturated rings. The number of carbonyl (C=O) groups is 2. The van der Waals surface area contributed by atoms with E-state index < -0.39 is 17.1 Å². The van der Waals surface area contributed by atoms with E-state index in [0.717, 1.165) is 31.3 Å². The van der Waals surface area contributed by atoms with Crippen molar-refractivity contribution in [3.8, 4) is 0 Å². The molecule has 3 atom stereocenters. The number of ether oxygens (including phenoxy) is 1. The predicted molar refractivity (Wildman–Crippen MR) is 114 cm³/mol. The first-order chi connectivity index (χ1) is 13.3. The Morgan fingerprint density at radius 1 is 1.24 bits per heavy atom. The molecule has 3 rings (SSSR count). The largest absolute Gasteiger partial charge is 0.453 e. The average Bonchev–Trinajstić information content (AvgIpc) is 3.04. The van der Waals surface area contributed by atoms with Crippen molar-refractivity contribution in [3.05, 3.63) is 36.0 Å². The van der Waals surface area contributed by atoms with E-state index in [1.54, 1.807) is 19.9 Å². The van der Waals surface area contributed by atoms with Gasteiger partial charge in [-0.2, -0.15) is 0 Å². The molecule has 29 heavy (non-hydrogen) atoms. The topological polar surface area (TPSA) is 63.6 Å². The predicted octanol–water partition coefficient (Wildman–Crippen LogP) is 4.92. The highest BCUT2D eigenvalue weighted by Crippen LogP contribution is 2.66. The van der Waals surface area contributed by atoms with Crippen molar-refractivity contribution in [1.82, 2.24) is 0 Å². The maximum atomic E-state index is 13.3. The van der Waals surface area contributed by atoms with Crippen LogP contribution in [0.2, 0.25) is 0 Å². The molecule has 0 spiro atoms. The molecule has 0 heterocycles. The number of hydrogen-bond donors (Lipinski definition) is 1. The summed E-state index contributed by atoms with van der Waals surface area (Å²) in [6, 6.07) is 0. The fraction of sp³-hybridized carbons (Fsp3) is 0.680. The lowest BCUT2D eigenvalue weighted by Gasteiger charge is -2.40. The maximum absolute atomic E-state index is 13.3. The molecular formula is C25H36O4. The van der Waals surface area contributed by atoms with Gasteiger partial charge < -0.3 is 9.84 Å². The van der Waals surface area contributed by atoms with E-state index in [4.69, 9.17) is 4.74 Å². The highest BCUT2D eigenvalue weighted by molar-refractivity contribution is 6.02. The molecule has 3 aliphatic rings. The van der Waals surface area contributed by atoms with E-state index in [0.29, 0.717) is 17.9 Å². The molecule has 0 amide bonds. The zero-order chi connectivity index (χ0) is 21.8. The summed E-state index contributed by atoms with van der Waals surface area (Å²) in [6.45, 7) is 15.4. The summed E-state index contributed by atoms with van der Waals surface area (Å²) < 4.78 is 5.95. The van der Waals surface area contributed by atoms with Crippen LogP contribution in [-0.4, -0.2) is 28.6 Å². The van der Waals surface area contributed by atoms with Crippen molar-refractivity contribution >= 4 is 11.8 Å². The van der Waals surface area contributed by atoms with Crippen LogP contribution in [-0.2, 0) is 14.3 Å². The zero-order valence-corrected chi connectivity index (χ0v) is 18.8. The van der Waals surface area contributed by atoms with Crippen LogP contribution in [0.15, 0.2) is 36.0 Å². The Balaban J connectivity index is 1.84. The van der Waals surface area contributed by atoms with Crippen molar-refractivity contribution in [2.24, 2.45) is 22.2 Å². The number of Topliss-reactive ketones (excluding diaryl/α,β-unsaturated/α-hetero) is 1. The number of fused-ring (bicyclic) bond motifs is 2. The van der Waals surface area contributed by atoms with Crippen LogP contribution >= 0.6 is 0 Å². The molecule has 0 saturated heterocycles. The standard InChI is InChI=1S/C25H36O4/c1-8-24(6,28)14-11-18-16(2)20(26)19(15-22(18,3)4)29-21(27)25(7)17-9-12-23(25,5)13-10-17/h8,11,14,17,19,28H,1,9-10,12-13,15H2,2-7H3/t17?,19-,23?,24?,25?/m1/s1. The van der Waals surface area contributed by atoms with Crippen LogP contribution in [0.1, 0.15) is 73.6 Å². The molecule has 1 N–H and O–H groups in total. The molecule has 4 heteroatoms. The number of esters is 1. The molecule has 160 valence electrons. The van der Waals surface area contributed by atoms with Crippen molar-refractivity contribution < 1.29 is 19.4 Å². The highest BCUT2D eigenvalue weighted by atomic mass is 16.5. The zero-order valence-electron chi connectivity index (χ0n) is 18.8. The second-order valence-electron chi connectivity index (χ2n) is 10.7. The van der Waals surface area contributed by atoms with Crippen molar-refractivity contribution in [2.45, 2.75) is 85.4 Å². The maximum Gasteiger partial charge on any atom is 0.313 e. The lowest BCUT2D eigenvalue weighted by Crippen LogP contribution is -2.45. The van der Waals surface area contributed by atoms with Crippen molar-refractivity contribution in [1.29, 1.82) is 0 Å². The molecule has 0 aromatic carbocycles. The van der Waals surface area contributed by atoms with Gasteiger partial charge in [-0.25, -0.2) is 0 Å². The van der Waals surface area contributed by atoms with Gasteiger partial charge in [0, 0.05) is 6.42 Å². The number of carbonyl (C=O) groups excluding carboxylic acids is 2. The minimum absolute atomic E-state index is 0.0168. The van der Waals surface area contributed by atoms with E-state index in [2.05, 4.69) is 13.5 Å². The average molecular weight is 401 g/mol. The third-order valence-corrected chi connectivity index (χ3v) is 8.32. The van der Waals surface area contributed by atoms with Gasteiger partial charge in [0.25, 0.3) is 0 Å². The molecule has 2 bridgehead atoms. The fourth-order valence-corrected chi connectivity index (χ4v) is 5.82. The summed E-state index contributed by atoms with van der Waals surface area (Å²) in [5, 5.41) is 10.2. The first-order valence-corrected chi connectivity index (χ1v) is 10.8. The third kappa shape index (κ3) is 3.43. The van der Waals surface area contributed by atoms with Crippen LogP contribution in [0.5, 0.6) is 0 Å². The number of allylic oxidation sites excluding steroid dienone is 2. The molecule has 0 aromatic heterocycles. The second-order valence-corrected chi connectivity index (χ2v) is 10.7. The van der Waals surface area contributed by atoms with E-state index in [1.807, 2.05) is 26.8 Å². The Hall–Kier alpha value is -1.68. The third-order valence-electron chi connectivity index (χ3n) is 8.32. The Bertz CT molecular complexity index is 790. The number of hydrogen-bond acceptors (Lipinski definition) is 4. The molecule has 3 aliphatic carbocycles. The summed E-state index contributed by atoms with van der Waals surface area (Å²) in [7, 11) is 0. The van der Waals surface area contributed by atoms with E-state index in [-0.39, 0.29) is 22.6 Å². The number of aliphatic hydroxyl groups is 1. The van der Waals surface area contributed by atoms with Crippen LogP contribution in [0.4, 0.5) is 0 Å². The number of rotatable bonds is 5. The Kier molecular flexibility index (Phi) is 5.27. The highest BCUT2D eigenvalue weighted by Gasteiger charge is 2.64. The number of ketones is 1. The van der Waals surface area contributed by atoms with Gasteiger partial charge in [0.05, 0.1) is 11.0 Å². The smallest absolute Gasteiger partial charge is 0.313 e. The monoisotopic (exact) mass is 400 g/mol. The summed E-state index contributed by atoms with van der Waals surface area (Å²) >= 11 is 0. The summed E-state index contributed by atoms with van der Waals surface area (Å²) in [5.74, 6) is 0.0353. The molecule has 4 nitrogen and oxygen atoms in total. The van der Waals surface area contributed by atoms with Gasteiger partial charge in [-0.15, -0.1) is 0 Å². The quantitative estimate of drug-likeness (QED) is 0.525. The van der Waals surface area contributed by atoms with Crippen LogP contribution < -0.4 is 0 Å². The van der Waals surface area contributed by atoms with Crippen LogP contribution in [0.3, 0.4) is 0 Å². The normalized spacial score (nSPS) is 38.4. The molecule has 0 aromatic rings. The fourth-order valence-electron chi connectivity index (χ4n) is 5.82. The first kappa shape index (κ1) is 22.0. The van der Waals surface area contributed by atoms with Gasteiger partial charge in [0.1, 0.15) is 0 Å². The second kappa shape index (κ2) is 6.94. The molecule has 2 saturated carbocycles. The van der Waals surface area contributed by atoms with Crippen molar-refractivity contribution in [3.63, 3.8) is 0 Å². The summed E-state index contributed by atoms with van der Waals surface area (Å²) in [4.78, 5) is 26.4. The SMILES string of the molecule is C=CC(C)(O)C=CC1=C(C)C(=O)[C@H](OC(=O)C2(C)C3CCC2(C)CC3)CC1(C)C. The minimum Gasteiger partial charge on any atom is -0.453 e. The van der Waals surface area contributed by atoms with Gasteiger partial charge in [0.15, 0.2) is 11.9 Å². The van der Waals surface area contributed by atoms with Crippen LogP contribution in [0, 0.1) is 22.2 Å². The van der Waals surface area contributed by atoms with E-state index >= 15 is 0 Å². The van der Waals surface area contributed by atoms with Crippen molar-refractivity contribution in [2.75, 3.05) is 0 Å². The van der Waals surface area contributed by atoms with Gasteiger partial charge >= 0.3 is 5.97 Å². The minimum atomic E-state index is -1.14. The van der Waals surface area contributed by atoms with Gasteiger partial charge in [-0.3, -0.25) is 9.59 Å². The van der Waals surface area contributed by atoms with E-state index in [9.17, 15) is 14.7 Å². The Morgan fingerprint density at radius 2 is 1.83 bits per heavy atom. The molecule has 0 radical (unpaired) electrons. The molecule has 0 aliphatic heterocycles. The summed E-state index contributed by atoms with van der Waals surface area (Å²) in [5.41, 5.74) is -0.524.